The molecule has 0 aliphatic carbocycles. The molecule has 3 aromatic heterocycles. The van der Waals surface area contributed by atoms with Crippen molar-refractivity contribution in [1.29, 1.82) is 0 Å². The van der Waals surface area contributed by atoms with Crippen LogP contribution in [-0.2, 0) is 6.54 Å². The molecule has 3 rings (SSSR count). The van der Waals surface area contributed by atoms with E-state index < -0.39 is 0 Å². The zero-order valence-electron chi connectivity index (χ0n) is 13.3. The lowest BCUT2D eigenvalue weighted by atomic mass is 9.86. The van der Waals surface area contributed by atoms with Crippen molar-refractivity contribution in [2.75, 3.05) is 0 Å². The Morgan fingerprint density at radius 2 is 2.17 bits per heavy atom. The third-order valence-electron chi connectivity index (χ3n) is 3.76. The molecule has 23 heavy (non-hydrogen) atoms. The average molecular weight is 313 g/mol. The molecule has 0 aromatic carbocycles. The number of pyridine rings is 1. The number of aromatic nitrogens is 6. The first-order valence-corrected chi connectivity index (χ1v) is 7.38. The van der Waals surface area contributed by atoms with Gasteiger partial charge in [0.2, 0.25) is 0 Å². The van der Waals surface area contributed by atoms with Crippen molar-refractivity contribution in [1.82, 2.24) is 34.9 Å². The second-order valence-electron chi connectivity index (χ2n) is 6.55. The molecule has 8 heteroatoms. The van der Waals surface area contributed by atoms with Gasteiger partial charge < -0.3 is 9.88 Å². The van der Waals surface area contributed by atoms with Gasteiger partial charge >= 0.3 is 0 Å². The number of imidazole rings is 1. The van der Waals surface area contributed by atoms with E-state index in [4.69, 9.17) is 0 Å². The monoisotopic (exact) mass is 313 g/mol. The van der Waals surface area contributed by atoms with Gasteiger partial charge in [0, 0.05) is 25.1 Å². The van der Waals surface area contributed by atoms with E-state index in [1.807, 2.05) is 10.8 Å². The second-order valence-corrected chi connectivity index (χ2v) is 6.55. The first-order chi connectivity index (χ1) is 10.9. The SMILES string of the molecule is CC(C)(C)[C@@H](Cn1ccnc1)NC(=O)c1ccc2nnnn2c1. The molecule has 1 amide bonds. The standard InChI is InChI=1S/C15H19N7O/c1-15(2,3)12(9-21-7-6-16-10-21)17-14(23)11-4-5-13-18-19-20-22(13)8-11/h4-8,10,12H,9H2,1-3H3,(H,17,23)/t12-/m1/s1. The summed E-state index contributed by atoms with van der Waals surface area (Å²) < 4.78 is 3.44. The van der Waals surface area contributed by atoms with Crippen molar-refractivity contribution in [3.05, 3.63) is 42.6 Å². The Morgan fingerprint density at radius 1 is 1.35 bits per heavy atom. The van der Waals surface area contributed by atoms with Crippen LogP contribution in [0.25, 0.3) is 5.65 Å². The molecule has 0 bridgehead atoms. The molecular formula is C15H19N7O. The fraction of sp³-hybridized carbons (Fsp3) is 0.400. The molecule has 0 aliphatic rings. The van der Waals surface area contributed by atoms with Crippen LogP contribution >= 0.6 is 0 Å². The van der Waals surface area contributed by atoms with Crippen LogP contribution in [0.15, 0.2) is 37.1 Å². The molecule has 0 radical (unpaired) electrons. The number of amides is 1. The smallest absolute Gasteiger partial charge is 0.253 e. The Labute approximate surface area is 133 Å². The van der Waals surface area contributed by atoms with Gasteiger partial charge in [0.1, 0.15) is 0 Å². The number of hydrogen-bond donors (Lipinski definition) is 1. The van der Waals surface area contributed by atoms with Gasteiger partial charge in [0.25, 0.3) is 5.91 Å². The zero-order valence-corrected chi connectivity index (χ0v) is 13.3. The first-order valence-electron chi connectivity index (χ1n) is 7.38. The van der Waals surface area contributed by atoms with Gasteiger partial charge in [-0.2, -0.15) is 4.52 Å². The number of fused-ring (bicyclic) bond motifs is 1. The van der Waals surface area contributed by atoms with Crippen molar-refractivity contribution in [2.24, 2.45) is 5.41 Å². The van der Waals surface area contributed by atoms with Gasteiger partial charge in [-0.05, 0) is 28.0 Å². The molecule has 0 saturated carbocycles. The lowest BCUT2D eigenvalue weighted by Crippen LogP contribution is -2.46. The van der Waals surface area contributed by atoms with Crippen LogP contribution in [-0.4, -0.2) is 41.5 Å². The Kier molecular flexibility index (Phi) is 3.81. The summed E-state index contributed by atoms with van der Waals surface area (Å²) in [5.41, 5.74) is 1.02. The minimum Gasteiger partial charge on any atom is -0.347 e. The summed E-state index contributed by atoms with van der Waals surface area (Å²) >= 11 is 0. The van der Waals surface area contributed by atoms with Crippen molar-refractivity contribution >= 4 is 11.6 Å². The molecule has 1 N–H and O–H groups in total. The van der Waals surface area contributed by atoms with E-state index in [0.29, 0.717) is 17.8 Å². The summed E-state index contributed by atoms with van der Waals surface area (Å²) in [5.74, 6) is -0.151. The van der Waals surface area contributed by atoms with E-state index in [0.717, 1.165) is 0 Å². The van der Waals surface area contributed by atoms with E-state index in [1.54, 1.807) is 30.9 Å². The highest BCUT2D eigenvalue weighted by atomic mass is 16.1. The molecule has 3 aromatic rings. The van der Waals surface area contributed by atoms with Crippen molar-refractivity contribution in [3.63, 3.8) is 0 Å². The number of nitrogens with one attached hydrogen (secondary N) is 1. The highest BCUT2D eigenvalue weighted by Crippen LogP contribution is 2.21. The maximum atomic E-state index is 12.6. The molecule has 120 valence electrons. The molecule has 0 unspecified atom stereocenters. The van der Waals surface area contributed by atoms with E-state index in [-0.39, 0.29) is 17.4 Å². The van der Waals surface area contributed by atoms with Crippen LogP contribution in [0.2, 0.25) is 0 Å². The average Bonchev–Trinajstić information content (AvgIpc) is 3.15. The third-order valence-corrected chi connectivity index (χ3v) is 3.76. The minimum absolute atomic E-state index is 0.0474. The Hall–Kier alpha value is -2.77. The summed E-state index contributed by atoms with van der Waals surface area (Å²) in [6.07, 6.45) is 6.99. The summed E-state index contributed by atoms with van der Waals surface area (Å²) in [5, 5.41) is 14.3. The maximum Gasteiger partial charge on any atom is 0.253 e. The van der Waals surface area contributed by atoms with E-state index >= 15 is 0 Å². The lowest BCUT2D eigenvalue weighted by Gasteiger charge is -2.31. The highest BCUT2D eigenvalue weighted by molar-refractivity contribution is 5.94. The number of nitrogens with zero attached hydrogens (tertiary/aromatic N) is 6. The van der Waals surface area contributed by atoms with Crippen LogP contribution in [0, 0.1) is 5.41 Å². The molecule has 1 atom stereocenters. The van der Waals surface area contributed by atoms with E-state index in [1.165, 1.54) is 4.52 Å². The summed E-state index contributed by atoms with van der Waals surface area (Å²) in [6, 6.07) is 3.39. The lowest BCUT2D eigenvalue weighted by molar-refractivity contribution is 0.0892. The molecular weight excluding hydrogens is 294 g/mol. The summed E-state index contributed by atoms with van der Waals surface area (Å²) in [7, 11) is 0. The molecule has 0 fully saturated rings. The Morgan fingerprint density at radius 3 is 2.87 bits per heavy atom. The van der Waals surface area contributed by atoms with E-state index in [9.17, 15) is 4.79 Å². The molecule has 0 aliphatic heterocycles. The fourth-order valence-corrected chi connectivity index (χ4v) is 2.26. The molecule has 0 saturated heterocycles. The number of carbonyl (C=O) groups excluding carboxylic acids is 1. The number of rotatable bonds is 4. The number of carbonyl (C=O) groups is 1. The van der Waals surface area contributed by atoms with Gasteiger partial charge in [-0.15, -0.1) is 5.10 Å². The Bertz CT molecular complexity index is 801. The normalized spacial score (nSPS) is 13.2. The highest BCUT2D eigenvalue weighted by Gasteiger charge is 2.27. The fourth-order valence-electron chi connectivity index (χ4n) is 2.26. The van der Waals surface area contributed by atoms with Crippen LogP contribution in [0.1, 0.15) is 31.1 Å². The predicted molar refractivity (Wildman–Crippen MR) is 83.7 cm³/mol. The topological polar surface area (TPSA) is 90.0 Å². The van der Waals surface area contributed by atoms with Crippen molar-refractivity contribution < 1.29 is 4.79 Å². The van der Waals surface area contributed by atoms with Gasteiger partial charge in [0.05, 0.1) is 17.9 Å². The molecule has 8 nitrogen and oxygen atoms in total. The van der Waals surface area contributed by atoms with Crippen molar-refractivity contribution in [3.8, 4) is 0 Å². The quantitative estimate of drug-likeness (QED) is 0.781. The predicted octanol–water partition coefficient (Wildman–Crippen LogP) is 1.17. The zero-order chi connectivity index (χ0) is 16.4. The molecule has 0 spiro atoms. The van der Waals surface area contributed by atoms with Gasteiger partial charge in [-0.1, -0.05) is 20.8 Å². The molecule has 3 heterocycles. The van der Waals surface area contributed by atoms with Gasteiger partial charge in [0.15, 0.2) is 5.65 Å². The largest absolute Gasteiger partial charge is 0.347 e. The summed E-state index contributed by atoms with van der Waals surface area (Å²) in [6.45, 7) is 6.95. The third kappa shape index (κ3) is 3.36. The van der Waals surface area contributed by atoms with Crippen LogP contribution in [0.3, 0.4) is 0 Å². The first kappa shape index (κ1) is 15.1. The summed E-state index contributed by atoms with van der Waals surface area (Å²) in [4.78, 5) is 16.6. The second kappa shape index (κ2) is 5.79. The number of tetrazole rings is 1. The van der Waals surface area contributed by atoms with Gasteiger partial charge in [-0.3, -0.25) is 4.79 Å². The van der Waals surface area contributed by atoms with Crippen LogP contribution in [0.4, 0.5) is 0 Å². The van der Waals surface area contributed by atoms with E-state index in [2.05, 4.69) is 46.6 Å². The number of hydrogen-bond acceptors (Lipinski definition) is 5. The van der Waals surface area contributed by atoms with Crippen LogP contribution in [0.5, 0.6) is 0 Å². The minimum atomic E-state index is -0.151. The maximum absolute atomic E-state index is 12.6. The van der Waals surface area contributed by atoms with Crippen molar-refractivity contribution in [2.45, 2.75) is 33.4 Å². The van der Waals surface area contributed by atoms with Gasteiger partial charge in [-0.25, -0.2) is 4.98 Å². The van der Waals surface area contributed by atoms with Crippen LogP contribution < -0.4 is 5.32 Å². The Balaban J connectivity index is 1.79.